The molecular weight excluding hydrogens is 643 g/mol. The highest BCUT2D eigenvalue weighted by Crippen LogP contribution is 2.49. The fraction of sp³-hybridized carbons (Fsp3) is 0.0600. The van der Waals surface area contributed by atoms with E-state index < -0.39 is 0 Å². The van der Waals surface area contributed by atoms with Crippen LogP contribution in [0.4, 0.5) is 0 Å². The lowest BCUT2D eigenvalue weighted by Gasteiger charge is -2.21. The molecule has 3 nitrogen and oxygen atoms in total. The highest BCUT2D eigenvalue weighted by molar-refractivity contribution is 5.99. The number of hydrogen-bond acceptors (Lipinski definition) is 3. The third-order valence-electron chi connectivity index (χ3n) is 10.9. The van der Waals surface area contributed by atoms with Crippen molar-refractivity contribution < 1.29 is 0 Å². The minimum atomic E-state index is -0.0633. The van der Waals surface area contributed by atoms with E-state index in [4.69, 9.17) is 15.0 Å². The van der Waals surface area contributed by atoms with Crippen LogP contribution < -0.4 is 0 Å². The highest BCUT2D eigenvalue weighted by Gasteiger charge is 2.35. The second-order valence-corrected chi connectivity index (χ2v) is 14.5. The van der Waals surface area contributed by atoms with Crippen molar-refractivity contribution in [3.8, 4) is 67.5 Å². The van der Waals surface area contributed by atoms with Crippen molar-refractivity contribution in [3.05, 3.63) is 187 Å². The summed E-state index contributed by atoms with van der Waals surface area (Å²) in [7, 11) is 0. The van der Waals surface area contributed by atoms with E-state index in [1.807, 2.05) is 18.2 Å². The molecule has 0 saturated carbocycles. The molecule has 3 heteroatoms. The minimum Gasteiger partial charge on any atom is -0.208 e. The zero-order valence-electron chi connectivity index (χ0n) is 29.6. The van der Waals surface area contributed by atoms with Crippen LogP contribution in [-0.4, -0.2) is 15.0 Å². The molecule has 1 aromatic heterocycles. The van der Waals surface area contributed by atoms with Crippen LogP contribution in [-0.2, 0) is 5.41 Å². The zero-order chi connectivity index (χ0) is 35.5. The summed E-state index contributed by atoms with van der Waals surface area (Å²) in [5.41, 5.74) is 12.8. The Bertz CT molecular complexity index is 2860. The summed E-state index contributed by atoms with van der Waals surface area (Å²) in [5, 5.41) is 4.94. The Kier molecular flexibility index (Phi) is 7.16. The monoisotopic (exact) mass is 677 g/mol. The van der Waals surface area contributed by atoms with Crippen molar-refractivity contribution in [2.75, 3.05) is 0 Å². The van der Waals surface area contributed by atoms with Gasteiger partial charge in [0.05, 0.1) is 0 Å². The lowest BCUT2D eigenvalue weighted by molar-refractivity contribution is 0.660. The van der Waals surface area contributed by atoms with Crippen molar-refractivity contribution >= 4 is 21.5 Å². The first-order valence-corrected chi connectivity index (χ1v) is 18.2. The molecule has 0 amide bonds. The van der Waals surface area contributed by atoms with Gasteiger partial charge in [-0.25, -0.2) is 15.0 Å². The van der Waals surface area contributed by atoms with Crippen LogP contribution in [0, 0.1) is 0 Å². The molecule has 0 fully saturated rings. The standard InChI is InChI=1S/C50H35N3/c1-50(2)45-21-9-8-19-43(45)44-31-40(26-27-46(44)50)49-52-47(33-13-4-3-5-14-33)51-48(53-49)39-17-10-16-34(30-39)35-22-23-37-29-38(25-24-36(37)28-35)42-20-11-15-32-12-6-7-18-41(32)42/h3-31H,1-2H3. The normalized spacial score (nSPS) is 12.9. The molecule has 0 atom stereocenters. The molecule has 0 radical (unpaired) electrons. The number of aromatic nitrogens is 3. The van der Waals surface area contributed by atoms with Gasteiger partial charge in [0.25, 0.3) is 0 Å². The van der Waals surface area contributed by atoms with Gasteiger partial charge in [0.1, 0.15) is 0 Å². The third kappa shape index (κ3) is 5.32. The van der Waals surface area contributed by atoms with Gasteiger partial charge in [-0.05, 0) is 90.3 Å². The van der Waals surface area contributed by atoms with Gasteiger partial charge >= 0.3 is 0 Å². The molecule has 0 bridgehead atoms. The molecule has 1 aliphatic carbocycles. The maximum absolute atomic E-state index is 5.14. The average Bonchev–Trinajstić information content (AvgIpc) is 3.45. The summed E-state index contributed by atoms with van der Waals surface area (Å²) in [4.78, 5) is 15.2. The molecule has 0 N–H and O–H groups in total. The molecule has 0 unspecified atom stereocenters. The predicted molar refractivity (Wildman–Crippen MR) is 220 cm³/mol. The van der Waals surface area contributed by atoms with Gasteiger partial charge < -0.3 is 0 Å². The molecule has 250 valence electrons. The number of nitrogens with zero attached hydrogens (tertiary/aromatic N) is 3. The summed E-state index contributed by atoms with van der Waals surface area (Å²) < 4.78 is 0. The Balaban J connectivity index is 1.05. The quantitative estimate of drug-likeness (QED) is 0.182. The Labute approximate surface area is 309 Å². The summed E-state index contributed by atoms with van der Waals surface area (Å²) in [6, 6.07) is 62.7. The number of fused-ring (bicyclic) bond motifs is 5. The largest absolute Gasteiger partial charge is 0.208 e. The molecule has 0 spiro atoms. The number of rotatable bonds is 5. The van der Waals surface area contributed by atoms with Gasteiger partial charge in [0.2, 0.25) is 0 Å². The van der Waals surface area contributed by atoms with Crippen molar-refractivity contribution in [3.63, 3.8) is 0 Å². The fourth-order valence-corrected chi connectivity index (χ4v) is 8.12. The first-order chi connectivity index (χ1) is 26.0. The molecule has 0 aliphatic heterocycles. The van der Waals surface area contributed by atoms with Crippen LogP contribution in [0.25, 0.3) is 89.1 Å². The van der Waals surface area contributed by atoms with Crippen LogP contribution in [0.5, 0.6) is 0 Å². The van der Waals surface area contributed by atoms with E-state index in [-0.39, 0.29) is 5.41 Å². The fourth-order valence-electron chi connectivity index (χ4n) is 8.12. The Morgan fingerprint density at radius 2 is 0.849 bits per heavy atom. The van der Waals surface area contributed by atoms with E-state index in [0.717, 1.165) is 27.8 Å². The highest BCUT2D eigenvalue weighted by atomic mass is 15.0. The van der Waals surface area contributed by atoms with E-state index in [1.54, 1.807) is 0 Å². The SMILES string of the molecule is CC1(C)c2ccccc2-c2cc(-c3nc(-c4ccccc4)nc(-c4cccc(-c5ccc6cc(-c7cccc8ccccc78)ccc6c5)c4)n3)ccc21. The number of benzene rings is 8. The van der Waals surface area contributed by atoms with Crippen LogP contribution in [0.2, 0.25) is 0 Å². The van der Waals surface area contributed by atoms with E-state index in [0.29, 0.717) is 17.5 Å². The Hall–Kier alpha value is -6.71. The van der Waals surface area contributed by atoms with Gasteiger partial charge in [0.15, 0.2) is 17.5 Å². The first kappa shape index (κ1) is 31.1. The second-order valence-electron chi connectivity index (χ2n) is 14.5. The summed E-state index contributed by atoms with van der Waals surface area (Å²) >= 11 is 0. The van der Waals surface area contributed by atoms with E-state index in [2.05, 4.69) is 172 Å². The Morgan fingerprint density at radius 3 is 1.68 bits per heavy atom. The molecule has 1 heterocycles. The molecule has 1 aliphatic rings. The maximum atomic E-state index is 5.14. The zero-order valence-corrected chi connectivity index (χ0v) is 29.6. The summed E-state index contributed by atoms with van der Waals surface area (Å²) in [6.07, 6.45) is 0. The number of hydrogen-bond donors (Lipinski definition) is 0. The van der Waals surface area contributed by atoms with Crippen molar-refractivity contribution in [2.24, 2.45) is 0 Å². The Morgan fingerprint density at radius 1 is 0.321 bits per heavy atom. The average molecular weight is 678 g/mol. The van der Waals surface area contributed by atoms with Crippen LogP contribution >= 0.6 is 0 Å². The minimum absolute atomic E-state index is 0.0633. The molecular formula is C50H35N3. The third-order valence-corrected chi connectivity index (χ3v) is 10.9. The van der Waals surface area contributed by atoms with Gasteiger partial charge in [0, 0.05) is 22.1 Å². The van der Waals surface area contributed by atoms with Gasteiger partial charge in [-0.1, -0.05) is 166 Å². The maximum Gasteiger partial charge on any atom is 0.164 e. The van der Waals surface area contributed by atoms with Gasteiger partial charge in [-0.3, -0.25) is 0 Å². The van der Waals surface area contributed by atoms with E-state index in [1.165, 1.54) is 54.9 Å². The molecule has 8 aromatic carbocycles. The molecule has 53 heavy (non-hydrogen) atoms. The lowest BCUT2D eigenvalue weighted by atomic mass is 9.82. The van der Waals surface area contributed by atoms with Crippen LogP contribution in [0.3, 0.4) is 0 Å². The molecule has 10 rings (SSSR count). The van der Waals surface area contributed by atoms with Crippen molar-refractivity contribution in [1.29, 1.82) is 0 Å². The van der Waals surface area contributed by atoms with E-state index in [9.17, 15) is 0 Å². The van der Waals surface area contributed by atoms with Crippen LogP contribution in [0.1, 0.15) is 25.0 Å². The van der Waals surface area contributed by atoms with E-state index >= 15 is 0 Å². The summed E-state index contributed by atoms with van der Waals surface area (Å²) in [5.74, 6) is 1.97. The van der Waals surface area contributed by atoms with Gasteiger partial charge in [-0.15, -0.1) is 0 Å². The van der Waals surface area contributed by atoms with Crippen molar-refractivity contribution in [2.45, 2.75) is 19.3 Å². The first-order valence-electron chi connectivity index (χ1n) is 18.2. The van der Waals surface area contributed by atoms with Gasteiger partial charge in [-0.2, -0.15) is 0 Å². The second kappa shape index (κ2) is 12.2. The molecule has 0 saturated heterocycles. The van der Waals surface area contributed by atoms with Crippen LogP contribution in [0.15, 0.2) is 176 Å². The summed E-state index contributed by atoms with van der Waals surface area (Å²) in [6.45, 7) is 4.61. The topological polar surface area (TPSA) is 38.7 Å². The predicted octanol–water partition coefficient (Wildman–Crippen LogP) is 12.8. The smallest absolute Gasteiger partial charge is 0.164 e. The lowest BCUT2D eigenvalue weighted by Crippen LogP contribution is -2.14. The molecule has 9 aromatic rings. The van der Waals surface area contributed by atoms with Crippen molar-refractivity contribution in [1.82, 2.24) is 15.0 Å².